The zero-order chi connectivity index (χ0) is 18.7. The Kier molecular flexibility index (Phi) is 5.32. The average molecular weight is 357 g/mol. The second-order valence-electron chi connectivity index (χ2n) is 7.74. The molecular weight excluding hydrogens is 330 g/mol. The third kappa shape index (κ3) is 4.43. The van der Waals surface area contributed by atoms with Crippen LogP contribution in [-0.2, 0) is 10.3 Å². The van der Waals surface area contributed by atoms with Crippen LogP contribution in [0.1, 0.15) is 49.5 Å². The number of nitrogens with one attached hydrogen (secondary N) is 1. The van der Waals surface area contributed by atoms with Crippen LogP contribution in [-0.4, -0.2) is 35.0 Å². The lowest BCUT2D eigenvalue weighted by molar-refractivity contribution is 0.0681. The van der Waals surface area contributed by atoms with Crippen molar-refractivity contribution in [3.63, 3.8) is 0 Å². The van der Waals surface area contributed by atoms with Gasteiger partial charge in [0.15, 0.2) is 0 Å². The molecule has 0 spiro atoms. The Balaban J connectivity index is 1.71. The normalized spacial score (nSPS) is 17.3. The minimum atomic E-state index is -0.202. The first-order chi connectivity index (χ1) is 12.3. The second kappa shape index (κ2) is 7.50. The molecule has 6 nitrogen and oxygen atoms in total. The van der Waals surface area contributed by atoms with Crippen LogP contribution in [0.15, 0.2) is 30.6 Å². The van der Waals surface area contributed by atoms with E-state index in [1.807, 2.05) is 45.9 Å². The molecule has 1 aromatic heterocycles. The molecule has 6 heteroatoms. The van der Waals surface area contributed by atoms with E-state index < -0.39 is 0 Å². The van der Waals surface area contributed by atoms with E-state index in [4.69, 9.17) is 9.47 Å². The zero-order valence-electron chi connectivity index (χ0n) is 15.9. The molecule has 1 fully saturated rings. The van der Waals surface area contributed by atoms with Gasteiger partial charge in [-0.05, 0) is 58.2 Å². The molecule has 26 heavy (non-hydrogen) atoms. The smallest absolute Gasteiger partial charge is 0.258 e. The van der Waals surface area contributed by atoms with E-state index in [1.54, 1.807) is 17.1 Å². The number of nitrogens with zero attached hydrogens (tertiary/aromatic N) is 2. The van der Waals surface area contributed by atoms with Gasteiger partial charge in [-0.1, -0.05) is 6.07 Å². The summed E-state index contributed by atoms with van der Waals surface area (Å²) in [6.07, 6.45) is 5.56. The standard InChI is InChI=1S/C20H27N3O3/c1-14-7-8-17(18(10-14)26-13-16-6-5-9-25-16)22-19(24)15-11-21-23(12-15)20(2,3)4/h7-8,10-12,16H,5-6,9,13H2,1-4H3,(H,22,24)/t16-/m1/s1. The van der Waals surface area contributed by atoms with Crippen molar-refractivity contribution in [1.29, 1.82) is 0 Å². The largest absolute Gasteiger partial charge is 0.489 e. The van der Waals surface area contributed by atoms with Crippen LogP contribution in [0.25, 0.3) is 0 Å². The summed E-state index contributed by atoms with van der Waals surface area (Å²) in [7, 11) is 0. The van der Waals surface area contributed by atoms with Gasteiger partial charge >= 0.3 is 0 Å². The molecule has 1 aliphatic rings. The number of carbonyl (C=O) groups excluding carboxylic acids is 1. The molecule has 0 radical (unpaired) electrons. The first kappa shape index (κ1) is 18.5. The highest BCUT2D eigenvalue weighted by atomic mass is 16.5. The number of rotatable bonds is 5. The highest BCUT2D eigenvalue weighted by Crippen LogP contribution is 2.27. The van der Waals surface area contributed by atoms with Crippen LogP contribution in [0, 0.1) is 6.92 Å². The number of aromatic nitrogens is 2. The molecule has 2 heterocycles. The topological polar surface area (TPSA) is 65.4 Å². The lowest BCUT2D eigenvalue weighted by Crippen LogP contribution is -2.22. The van der Waals surface area contributed by atoms with Crippen molar-refractivity contribution in [3.8, 4) is 5.75 Å². The molecule has 3 rings (SSSR count). The fourth-order valence-electron chi connectivity index (χ4n) is 2.81. The van der Waals surface area contributed by atoms with Crippen molar-refractivity contribution in [2.24, 2.45) is 0 Å². The van der Waals surface area contributed by atoms with Crippen molar-refractivity contribution >= 4 is 11.6 Å². The predicted octanol–water partition coefficient (Wildman–Crippen LogP) is 3.76. The molecule has 0 bridgehead atoms. The maximum Gasteiger partial charge on any atom is 0.258 e. The molecule has 1 atom stereocenters. The fraction of sp³-hybridized carbons (Fsp3) is 0.500. The number of carbonyl (C=O) groups is 1. The maximum absolute atomic E-state index is 12.6. The van der Waals surface area contributed by atoms with Crippen LogP contribution < -0.4 is 10.1 Å². The van der Waals surface area contributed by atoms with Gasteiger partial charge in [-0.25, -0.2) is 0 Å². The van der Waals surface area contributed by atoms with E-state index in [0.29, 0.717) is 23.6 Å². The van der Waals surface area contributed by atoms with Crippen LogP contribution in [0.5, 0.6) is 5.75 Å². The van der Waals surface area contributed by atoms with Gasteiger partial charge in [0, 0.05) is 12.8 Å². The quantitative estimate of drug-likeness (QED) is 0.885. The van der Waals surface area contributed by atoms with Crippen molar-refractivity contribution in [3.05, 3.63) is 41.7 Å². The third-order valence-electron chi connectivity index (χ3n) is 4.37. The van der Waals surface area contributed by atoms with Crippen LogP contribution in [0.2, 0.25) is 0 Å². The van der Waals surface area contributed by atoms with E-state index in [0.717, 1.165) is 25.0 Å². The molecule has 1 aliphatic heterocycles. The summed E-state index contributed by atoms with van der Waals surface area (Å²) >= 11 is 0. The summed E-state index contributed by atoms with van der Waals surface area (Å²) in [6.45, 7) is 9.41. The van der Waals surface area contributed by atoms with Crippen molar-refractivity contribution in [2.75, 3.05) is 18.5 Å². The summed E-state index contributed by atoms with van der Waals surface area (Å²) in [5.41, 5.74) is 2.08. The highest BCUT2D eigenvalue weighted by molar-refractivity contribution is 6.04. The molecule has 0 saturated carbocycles. The molecule has 140 valence electrons. The molecule has 1 saturated heterocycles. The first-order valence-corrected chi connectivity index (χ1v) is 9.04. The van der Waals surface area contributed by atoms with Crippen LogP contribution >= 0.6 is 0 Å². The number of amides is 1. The molecule has 0 unspecified atom stereocenters. The van der Waals surface area contributed by atoms with Gasteiger partial charge in [-0.2, -0.15) is 5.10 Å². The molecular formula is C20H27N3O3. The number of aryl methyl sites for hydroxylation is 1. The molecule has 1 aromatic carbocycles. The van der Waals surface area contributed by atoms with Gasteiger partial charge in [-0.3, -0.25) is 9.48 Å². The number of ether oxygens (including phenoxy) is 2. The SMILES string of the molecule is Cc1ccc(NC(=O)c2cnn(C(C)(C)C)c2)c(OC[C@H]2CCCO2)c1. The number of hydrogen-bond acceptors (Lipinski definition) is 4. The van der Waals surface area contributed by atoms with Gasteiger partial charge in [0.25, 0.3) is 5.91 Å². The Morgan fingerprint density at radius 2 is 2.23 bits per heavy atom. The Hall–Kier alpha value is -2.34. The van der Waals surface area contributed by atoms with Gasteiger partial charge in [0.05, 0.1) is 29.1 Å². The van der Waals surface area contributed by atoms with E-state index in [-0.39, 0.29) is 17.6 Å². The number of anilines is 1. The number of hydrogen-bond donors (Lipinski definition) is 1. The fourth-order valence-corrected chi connectivity index (χ4v) is 2.81. The Morgan fingerprint density at radius 1 is 1.42 bits per heavy atom. The third-order valence-corrected chi connectivity index (χ3v) is 4.37. The van der Waals surface area contributed by atoms with Crippen molar-refractivity contribution in [2.45, 2.75) is 52.2 Å². The van der Waals surface area contributed by atoms with Crippen LogP contribution in [0.4, 0.5) is 5.69 Å². The van der Waals surface area contributed by atoms with Gasteiger partial charge in [0.1, 0.15) is 12.4 Å². The van der Waals surface area contributed by atoms with Crippen molar-refractivity contribution in [1.82, 2.24) is 9.78 Å². The second-order valence-corrected chi connectivity index (χ2v) is 7.74. The predicted molar refractivity (Wildman–Crippen MR) is 101 cm³/mol. The molecule has 2 aromatic rings. The summed E-state index contributed by atoms with van der Waals surface area (Å²) in [4.78, 5) is 12.6. The Labute approximate surface area is 154 Å². The minimum absolute atomic E-state index is 0.129. The highest BCUT2D eigenvalue weighted by Gasteiger charge is 2.19. The summed E-state index contributed by atoms with van der Waals surface area (Å²) in [6, 6.07) is 5.75. The molecule has 0 aliphatic carbocycles. The first-order valence-electron chi connectivity index (χ1n) is 9.04. The van der Waals surface area contributed by atoms with Gasteiger partial charge in [-0.15, -0.1) is 0 Å². The van der Waals surface area contributed by atoms with E-state index in [2.05, 4.69) is 10.4 Å². The molecule has 1 N–H and O–H groups in total. The van der Waals surface area contributed by atoms with E-state index in [9.17, 15) is 4.79 Å². The zero-order valence-corrected chi connectivity index (χ0v) is 15.9. The average Bonchev–Trinajstić information content (AvgIpc) is 3.26. The van der Waals surface area contributed by atoms with Crippen molar-refractivity contribution < 1.29 is 14.3 Å². The lowest BCUT2D eigenvalue weighted by Gasteiger charge is -2.18. The number of benzene rings is 1. The van der Waals surface area contributed by atoms with Gasteiger partial charge < -0.3 is 14.8 Å². The maximum atomic E-state index is 12.6. The van der Waals surface area contributed by atoms with Crippen LogP contribution in [0.3, 0.4) is 0 Å². The van der Waals surface area contributed by atoms with E-state index in [1.165, 1.54) is 0 Å². The molecule has 1 amide bonds. The summed E-state index contributed by atoms with van der Waals surface area (Å²) in [5.74, 6) is 0.461. The van der Waals surface area contributed by atoms with E-state index >= 15 is 0 Å². The monoisotopic (exact) mass is 357 g/mol. The Morgan fingerprint density at radius 3 is 2.88 bits per heavy atom. The lowest BCUT2D eigenvalue weighted by atomic mass is 10.1. The Bertz CT molecular complexity index is 771. The summed E-state index contributed by atoms with van der Waals surface area (Å²) in [5, 5.41) is 7.22. The minimum Gasteiger partial charge on any atom is -0.489 e. The summed E-state index contributed by atoms with van der Waals surface area (Å²) < 4.78 is 13.3. The van der Waals surface area contributed by atoms with Gasteiger partial charge in [0.2, 0.25) is 0 Å².